The molecule has 0 unspecified atom stereocenters. The van der Waals surface area contributed by atoms with Crippen molar-refractivity contribution in [3.8, 4) is 0 Å². The molecule has 0 saturated heterocycles. The van der Waals surface area contributed by atoms with Gasteiger partial charge in [-0.25, -0.2) is 4.79 Å². The standard InChI is InChI=1S/C5H6O4.Ag/c1-3(6)5(8)9-4(2)7;/h1-2H3;. The Balaban J connectivity index is 0. The second kappa shape index (κ2) is 5.34. The Bertz CT molecular complexity index is 163. The second-order valence-electron chi connectivity index (χ2n) is 1.44. The first-order valence-electron chi connectivity index (χ1n) is 2.27. The molecular formula is C5H6AgO4. The van der Waals surface area contributed by atoms with Crippen LogP contribution in [-0.2, 0) is 41.5 Å². The van der Waals surface area contributed by atoms with Crippen molar-refractivity contribution in [2.24, 2.45) is 0 Å². The maximum Gasteiger partial charge on any atom is 0.381 e. The van der Waals surface area contributed by atoms with E-state index in [0.29, 0.717) is 0 Å². The average molecular weight is 238 g/mol. The van der Waals surface area contributed by atoms with E-state index in [1.54, 1.807) is 0 Å². The number of ether oxygens (including phenoxy) is 1. The molecule has 0 aromatic rings. The molecule has 0 spiro atoms. The quantitative estimate of drug-likeness (QED) is 0.271. The molecule has 5 heteroatoms. The Morgan fingerprint density at radius 3 is 1.60 bits per heavy atom. The molecule has 0 aromatic carbocycles. The van der Waals surface area contributed by atoms with Crippen molar-refractivity contribution in [3.05, 3.63) is 0 Å². The van der Waals surface area contributed by atoms with Crippen LogP contribution in [0.1, 0.15) is 13.8 Å². The summed E-state index contributed by atoms with van der Waals surface area (Å²) < 4.78 is 3.88. The fraction of sp³-hybridized carbons (Fsp3) is 0.400. The minimum absolute atomic E-state index is 0. The molecule has 0 saturated carbocycles. The number of esters is 2. The first kappa shape index (κ1) is 12.2. The smallest absolute Gasteiger partial charge is 0.381 e. The van der Waals surface area contributed by atoms with E-state index in [-0.39, 0.29) is 22.4 Å². The molecule has 4 nitrogen and oxygen atoms in total. The Morgan fingerprint density at radius 1 is 1.10 bits per heavy atom. The van der Waals surface area contributed by atoms with Crippen molar-refractivity contribution in [1.82, 2.24) is 0 Å². The van der Waals surface area contributed by atoms with E-state index >= 15 is 0 Å². The van der Waals surface area contributed by atoms with E-state index < -0.39 is 17.7 Å². The molecule has 0 bridgehead atoms. The normalized spacial score (nSPS) is 7.40. The summed E-state index contributed by atoms with van der Waals surface area (Å²) in [5.41, 5.74) is 0. The molecule has 1 radical (unpaired) electrons. The van der Waals surface area contributed by atoms with Crippen LogP contribution in [0.15, 0.2) is 0 Å². The van der Waals surface area contributed by atoms with Crippen LogP contribution in [0.25, 0.3) is 0 Å². The van der Waals surface area contributed by atoms with E-state index in [9.17, 15) is 14.4 Å². The monoisotopic (exact) mass is 237 g/mol. The maximum atomic E-state index is 10.2. The molecule has 10 heavy (non-hydrogen) atoms. The van der Waals surface area contributed by atoms with E-state index in [1.165, 1.54) is 0 Å². The van der Waals surface area contributed by atoms with Gasteiger partial charge < -0.3 is 4.74 Å². The SMILES string of the molecule is CC(=O)OC(=O)C(C)=O.[Ag]. The van der Waals surface area contributed by atoms with Crippen molar-refractivity contribution in [2.75, 3.05) is 0 Å². The van der Waals surface area contributed by atoms with Crippen LogP contribution < -0.4 is 0 Å². The van der Waals surface area contributed by atoms with E-state index in [4.69, 9.17) is 0 Å². The van der Waals surface area contributed by atoms with Gasteiger partial charge in [-0.15, -0.1) is 0 Å². The van der Waals surface area contributed by atoms with Gasteiger partial charge >= 0.3 is 11.9 Å². The summed E-state index contributed by atoms with van der Waals surface area (Å²) in [6.07, 6.45) is 0. The molecule has 0 atom stereocenters. The number of carbonyl (C=O) groups excluding carboxylic acids is 3. The fourth-order valence-electron chi connectivity index (χ4n) is 0.202. The number of hydrogen-bond acceptors (Lipinski definition) is 4. The Hall–Kier alpha value is -0.450. The summed E-state index contributed by atoms with van der Waals surface area (Å²) in [7, 11) is 0. The van der Waals surface area contributed by atoms with Crippen LogP contribution in [0.3, 0.4) is 0 Å². The summed E-state index contributed by atoms with van der Waals surface area (Å²) in [6, 6.07) is 0. The molecule has 61 valence electrons. The zero-order chi connectivity index (χ0) is 7.44. The zero-order valence-corrected chi connectivity index (χ0v) is 6.92. The molecular weight excluding hydrogens is 232 g/mol. The third-order valence-electron chi connectivity index (χ3n) is 0.524. The van der Waals surface area contributed by atoms with Gasteiger partial charge in [0, 0.05) is 36.2 Å². The van der Waals surface area contributed by atoms with Crippen LogP contribution in [0, 0.1) is 0 Å². The van der Waals surface area contributed by atoms with Gasteiger partial charge in [0.15, 0.2) is 0 Å². The molecule has 0 amide bonds. The van der Waals surface area contributed by atoms with Crippen LogP contribution in [0.5, 0.6) is 0 Å². The molecule has 0 N–H and O–H groups in total. The largest absolute Gasteiger partial charge is 0.387 e. The van der Waals surface area contributed by atoms with Gasteiger partial charge in [0.25, 0.3) is 0 Å². The minimum Gasteiger partial charge on any atom is -0.387 e. The van der Waals surface area contributed by atoms with Crippen LogP contribution >= 0.6 is 0 Å². The molecule has 0 aliphatic heterocycles. The van der Waals surface area contributed by atoms with Gasteiger partial charge in [0.1, 0.15) is 0 Å². The van der Waals surface area contributed by atoms with Crippen molar-refractivity contribution in [3.63, 3.8) is 0 Å². The van der Waals surface area contributed by atoms with Gasteiger partial charge in [-0.1, -0.05) is 0 Å². The topological polar surface area (TPSA) is 60.4 Å². The second-order valence-corrected chi connectivity index (χ2v) is 1.44. The van der Waals surface area contributed by atoms with E-state index in [1.807, 2.05) is 0 Å². The van der Waals surface area contributed by atoms with Crippen molar-refractivity contribution in [1.29, 1.82) is 0 Å². The third kappa shape index (κ3) is 5.68. The van der Waals surface area contributed by atoms with Crippen LogP contribution in [0.2, 0.25) is 0 Å². The van der Waals surface area contributed by atoms with Crippen LogP contribution in [-0.4, -0.2) is 17.7 Å². The van der Waals surface area contributed by atoms with E-state index in [2.05, 4.69) is 4.74 Å². The summed E-state index contributed by atoms with van der Waals surface area (Å²) in [5.74, 6) is -2.65. The first-order chi connectivity index (χ1) is 4.04. The molecule has 0 aliphatic rings. The minimum atomic E-state index is -1.11. The van der Waals surface area contributed by atoms with Gasteiger partial charge in [0.05, 0.1) is 0 Å². The zero-order valence-electron chi connectivity index (χ0n) is 5.43. The number of Topliss-reactive ketones (excluding diaryl/α,β-unsaturated/α-hetero) is 1. The molecule has 0 aliphatic carbocycles. The van der Waals surface area contributed by atoms with E-state index in [0.717, 1.165) is 13.8 Å². The molecule has 0 heterocycles. The fourth-order valence-corrected chi connectivity index (χ4v) is 0.202. The molecule has 0 aromatic heterocycles. The Morgan fingerprint density at radius 2 is 1.50 bits per heavy atom. The molecule has 0 fully saturated rings. The van der Waals surface area contributed by atoms with Crippen molar-refractivity contribution >= 4 is 17.7 Å². The Labute approximate surface area is 73.4 Å². The summed E-state index contributed by atoms with van der Waals surface area (Å²) in [4.78, 5) is 30.2. The van der Waals surface area contributed by atoms with Gasteiger partial charge in [0.2, 0.25) is 5.78 Å². The summed E-state index contributed by atoms with van der Waals surface area (Å²) in [6.45, 7) is 2.09. The summed E-state index contributed by atoms with van der Waals surface area (Å²) >= 11 is 0. The Kier molecular flexibility index (Phi) is 6.55. The average Bonchev–Trinajstić information content (AvgIpc) is 1.63. The van der Waals surface area contributed by atoms with Crippen LogP contribution in [0.4, 0.5) is 0 Å². The van der Waals surface area contributed by atoms with Gasteiger partial charge in [-0.05, 0) is 0 Å². The number of hydrogen-bond donors (Lipinski definition) is 0. The van der Waals surface area contributed by atoms with Gasteiger partial charge in [-0.2, -0.15) is 0 Å². The van der Waals surface area contributed by atoms with Crippen molar-refractivity contribution < 1.29 is 41.5 Å². The van der Waals surface area contributed by atoms with Gasteiger partial charge in [-0.3, -0.25) is 9.59 Å². The van der Waals surface area contributed by atoms with Crippen molar-refractivity contribution in [2.45, 2.75) is 13.8 Å². The maximum absolute atomic E-state index is 10.2. The summed E-state index contributed by atoms with van der Waals surface area (Å²) in [5, 5.41) is 0. The number of ketones is 1. The predicted octanol–water partition coefficient (Wildman–Crippen LogP) is -0.337. The predicted molar refractivity (Wildman–Crippen MR) is 27.5 cm³/mol. The number of rotatable bonds is 1. The number of carbonyl (C=O) groups is 3. The first-order valence-corrected chi connectivity index (χ1v) is 2.27. The third-order valence-corrected chi connectivity index (χ3v) is 0.524. The molecule has 0 rings (SSSR count).